The maximum atomic E-state index is 12.0. The van der Waals surface area contributed by atoms with Crippen molar-refractivity contribution >= 4 is 11.7 Å². The van der Waals surface area contributed by atoms with Crippen molar-refractivity contribution in [2.75, 3.05) is 31.1 Å². The van der Waals surface area contributed by atoms with Gasteiger partial charge in [0.05, 0.1) is 5.69 Å². The normalized spacial score (nSPS) is 15.1. The zero-order chi connectivity index (χ0) is 16.2. The molecule has 1 saturated heterocycles. The minimum absolute atomic E-state index is 0.0616. The number of benzene rings is 1. The predicted octanol–water partition coefficient (Wildman–Crippen LogP) is 2.45. The van der Waals surface area contributed by atoms with Crippen molar-refractivity contribution in [1.82, 2.24) is 15.1 Å². The van der Waals surface area contributed by atoms with E-state index in [1.54, 1.807) is 0 Å². The number of hydrogen-bond acceptors (Lipinski definition) is 4. The average Bonchev–Trinajstić information content (AvgIpc) is 2.62. The van der Waals surface area contributed by atoms with Crippen molar-refractivity contribution in [3.8, 4) is 11.3 Å². The number of nitrogens with zero attached hydrogens (tertiary/aromatic N) is 4. The van der Waals surface area contributed by atoms with Crippen LogP contribution in [-0.4, -0.2) is 47.2 Å². The summed E-state index contributed by atoms with van der Waals surface area (Å²) in [5.41, 5.74) is 1.95. The third-order valence-corrected chi connectivity index (χ3v) is 4.13. The Morgan fingerprint density at radius 3 is 2.22 bits per heavy atom. The molecular weight excluding hydrogens is 288 g/mol. The minimum Gasteiger partial charge on any atom is -0.352 e. The Kier molecular flexibility index (Phi) is 4.55. The molecule has 0 atom stereocenters. The molecule has 0 saturated carbocycles. The fourth-order valence-electron chi connectivity index (χ4n) is 2.78. The maximum Gasteiger partial charge on any atom is 0.225 e. The van der Waals surface area contributed by atoms with Crippen molar-refractivity contribution in [2.24, 2.45) is 5.92 Å². The molecule has 0 spiro atoms. The van der Waals surface area contributed by atoms with Crippen LogP contribution in [-0.2, 0) is 4.79 Å². The molecule has 0 unspecified atom stereocenters. The number of hydrogen-bond donors (Lipinski definition) is 0. The number of rotatable bonds is 3. The fraction of sp³-hybridized carbons (Fsp3) is 0.389. The largest absolute Gasteiger partial charge is 0.352 e. The molecular formula is C18H22N4O. The Bertz CT molecular complexity index is 646. The molecule has 1 aromatic heterocycles. The number of amides is 1. The summed E-state index contributed by atoms with van der Waals surface area (Å²) in [6.45, 7) is 7.00. The van der Waals surface area contributed by atoms with Crippen LogP contribution in [0, 0.1) is 5.92 Å². The first-order valence-electron chi connectivity index (χ1n) is 8.08. The van der Waals surface area contributed by atoms with Crippen LogP contribution in [0.4, 0.5) is 5.82 Å². The van der Waals surface area contributed by atoms with E-state index in [1.165, 1.54) is 0 Å². The molecule has 23 heavy (non-hydrogen) atoms. The molecule has 5 nitrogen and oxygen atoms in total. The lowest BCUT2D eigenvalue weighted by atomic mass is 10.1. The Morgan fingerprint density at radius 1 is 0.957 bits per heavy atom. The first kappa shape index (κ1) is 15.5. The second-order valence-electron chi connectivity index (χ2n) is 6.11. The summed E-state index contributed by atoms with van der Waals surface area (Å²) in [5, 5.41) is 8.69. The fourth-order valence-corrected chi connectivity index (χ4v) is 2.78. The van der Waals surface area contributed by atoms with Gasteiger partial charge in [0.1, 0.15) is 0 Å². The van der Waals surface area contributed by atoms with Crippen LogP contribution in [0.1, 0.15) is 13.8 Å². The van der Waals surface area contributed by atoms with E-state index >= 15 is 0 Å². The molecule has 1 aliphatic rings. The zero-order valence-corrected chi connectivity index (χ0v) is 13.6. The van der Waals surface area contributed by atoms with Crippen molar-refractivity contribution in [3.05, 3.63) is 42.5 Å². The van der Waals surface area contributed by atoms with E-state index in [0.717, 1.165) is 43.3 Å². The van der Waals surface area contributed by atoms with Gasteiger partial charge in [-0.1, -0.05) is 44.2 Å². The molecule has 2 aromatic rings. The Labute approximate surface area is 136 Å². The topological polar surface area (TPSA) is 49.3 Å². The van der Waals surface area contributed by atoms with Gasteiger partial charge < -0.3 is 9.80 Å². The van der Waals surface area contributed by atoms with Gasteiger partial charge in [0.15, 0.2) is 5.82 Å². The predicted molar refractivity (Wildman–Crippen MR) is 91.1 cm³/mol. The highest BCUT2D eigenvalue weighted by Crippen LogP contribution is 2.19. The van der Waals surface area contributed by atoms with Gasteiger partial charge in [-0.15, -0.1) is 10.2 Å². The van der Waals surface area contributed by atoms with Crippen LogP contribution in [0.15, 0.2) is 42.5 Å². The van der Waals surface area contributed by atoms with Gasteiger partial charge in [-0.2, -0.15) is 0 Å². The van der Waals surface area contributed by atoms with Crippen molar-refractivity contribution in [1.29, 1.82) is 0 Å². The number of piperazine rings is 1. The number of carbonyl (C=O) groups is 1. The lowest BCUT2D eigenvalue weighted by Gasteiger charge is -2.36. The van der Waals surface area contributed by atoms with E-state index in [2.05, 4.69) is 15.1 Å². The molecule has 3 rings (SSSR count). The van der Waals surface area contributed by atoms with Gasteiger partial charge in [-0.05, 0) is 12.1 Å². The van der Waals surface area contributed by atoms with Crippen LogP contribution in [0.25, 0.3) is 11.3 Å². The minimum atomic E-state index is 0.0616. The van der Waals surface area contributed by atoms with Crippen molar-refractivity contribution in [3.63, 3.8) is 0 Å². The number of aromatic nitrogens is 2. The molecule has 0 aliphatic carbocycles. The summed E-state index contributed by atoms with van der Waals surface area (Å²) >= 11 is 0. The smallest absolute Gasteiger partial charge is 0.225 e. The van der Waals surface area contributed by atoms with E-state index in [-0.39, 0.29) is 11.8 Å². The summed E-state index contributed by atoms with van der Waals surface area (Å²) in [6, 6.07) is 14.0. The molecule has 0 radical (unpaired) electrons. The Hall–Kier alpha value is -2.43. The van der Waals surface area contributed by atoms with Crippen LogP contribution in [0.5, 0.6) is 0 Å². The molecule has 0 N–H and O–H groups in total. The highest BCUT2D eigenvalue weighted by atomic mass is 16.2. The van der Waals surface area contributed by atoms with Crippen molar-refractivity contribution < 1.29 is 4.79 Å². The first-order chi connectivity index (χ1) is 11.1. The van der Waals surface area contributed by atoms with E-state index in [4.69, 9.17) is 0 Å². The van der Waals surface area contributed by atoms with Crippen LogP contribution in [0.2, 0.25) is 0 Å². The highest BCUT2D eigenvalue weighted by molar-refractivity contribution is 5.78. The number of anilines is 1. The Balaban J connectivity index is 1.64. The van der Waals surface area contributed by atoms with Gasteiger partial charge in [-0.25, -0.2) is 0 Å². The summed E-state index contributed by atoms with van der Waals surface area (Å²) in [4.78, 5) is 16.1. The molecule has 120 valence electrons. The second kappa shape index (κ2) is 6.77. The second-order valence-corrected chi connectivity index (χ2v) is 6.11. The van der Waals surface area contributed by atoms with Crippen LogP contribution < -0.4 is 4.90 Å². The molecule has 1 aromatic carbocycles. The van der Waals surface area contributed by atoms with Gasteiger partial charge in [0.25, 0.3) is 0 Å². The quantitative estimate of drug-likeness (QED) is 0.874. The van der Waals surface area contributed by atoms with Gasteiger partial charge >= 0.3 is 0 Å². The molecule has 5 heteroatoms. The molecule has 2 heterocycles. The van der Waals surface area contributed by atoms with Gasteiger partial charge in [-0.3, -0.25) is 4.79 Å². The first-order valence-corrected chi connectivity index (χ1v) is 8.08. The SMILES string of the molecule is CC(C)C(=O)N1CCN(c2ccc(-c3ccccc3)nn2)CC1. The van der Waals surface area contributed by atoms with E-state index in [1.807, 2.05) is 61.2 Å². The number of carbonyl (C=O) groups excluding carboxylic acids is 1. The molecule has 0 bridgehead atoms. The van der Waals surface area contributed by atoms with E-state index in [9.17, 15) is 4.79 Å². The molecule has 1 aliphatic heterocycles. The van der Waals surface area contributed by atoms with Gasteiger partial charge in [0.2, 0.25) is 5.91 Å². The van der Waals surface area contributed by atoms with Crippen LogP contribution in [0.3, 0.4) is 0 Å². The summed E-state index contributed by atoms with van der Waals surface area (Å²) < 4.78 is 0. The van der Waals surface area contributed by atoms with Crippen molar-refractivity contribution in [2.45, 2.75) is 13.8 Å². The third kappa shape index (κ3) is 3.50. The summed E-state index contributed by atoms with van der Waals surface area (Å²) in [6.07, 6.45) is 0. The van der Waals surface area contributed by atoms with Gasteiger partial charge in [0, 0.05) is 37.7 Å². The lowest BCUT2D eigenvalue weighted by molar-refractivity contribution is -0.134. The molecule has 1 fully saturated rings. The summed E-state index contributed by atoms with van der Waals surface area (Å²) in [7, 11) is 0. The molecule has 1 amide bonds. The standard InChI is InChI=1S/C18H22N4O/c1-14(2)18(23)22-12-10-21(11-13-22)17-9-8-16(19-20-17)15-6-4-3-5-7-15/h3-9,14H,10-13H2,1-2H3. The maximum absolute atomic E-state index is 12.0. The van der Waals surface area contributed by atoms with Crippen LogP contribution >= 0.6 is 0 Å². The monoisotopic (exact) mass is 310 g/mol. The average molecular weight is 310 g/mol. The summed E-state index contributed by atoms with van der Waals surface area (Å²) in [5.74, 6) is 1.17. The van der Waals surface area contributed by atoms with E-state index < -0.39 is 0 Å². The third-order valence-electron chi connectivity index (χ3n) is 4.13. The highest BCUT2D eigenvalue weighted by Gasteiger charge is 2.23. The zero-order valence-electron chi connectivity index (χ0n) is 13.6. The lowest BCUT2D eigenvalue weighted by Crippen LogP contribution is -2.50. The van der Waals surface area contributed by atoms with E-state index in [0.29, 0.717) is 0 Å². The Morgan fingerprint density at radius 2 is 1.65 bits per heavy atom.